The van der Waals surface area contributed by atoms with Crippen molar-refractivity contribution in [3.05, 3.63) is 29.3 Å². The Hall–Kier alpha value is -1.69. The van der Waals surface area contributed by atoms with Gasteiger partial charge in [-0.3, -0.25) is 4.79 Å². The second-order valence-electron chi connectivity index (χ2n) is 3.66. The number of nitrogens with one attached hydrogen (secondary N) is 1. The van der Waals surface area contributed by atoms with Gasteiger partial charge in [0.05, 0.1) is 5.56 Å². The van der Waals surface area contributed by atoms with E-state index in [4.69, 9.17) is 10.5 Å². The Morgan fingerprint density at radius 2 is 2.06 bits per heavy atom. The Balaban J connectivity index is 2.54. The maximum Gasteiger partial charge on any atom is 0.253 e. The van der Waals surface area contributed by atoms with E-state index in [9.17, 15) is 13.6 Å². The molecule has 0 aliphatic carbocycles. The molecule has 100 valence electrons. The molecule has 18 heavy (non-hydrogen) atoms. The largest absolute Gasteiger partial charge is 0.398 e. The van der Waals surface area contributed by atoms with E-state index in [1.54, 1.807) is 0 Å². The van der Waals surface area contributed by atoms with E-state index in [0.29, 0.717) is 26.2 Å². The highest BCUT2D eigenvalue weighted by Gasteiger charge is 2.13. The molecule has 0 bridgehead atoms. The lowest BCUT2D eigenvalue weighted by Gasteiger charge is -2.08. The van der Waals surface area contributed by atoms with Crippen molar-refractivity contribution in [2.24, 2.45) is 0 Å². The molecule has 1 aromatic rings. The molecule has 0 saturated carbocycles. The van der Waals surface area contributed by atoms with Gasteiger partial charge >= 0.3 is 0 Å². The van der Waals surface area contributed by atoms with Crippen LogP contribution in [0.25, 0.3) is 0 Å². The third-order valence-electron chi connectivity index (χ3n) is 2.29. The van der Waals surface area contributed by atoms with Crippen LogP contribution in [-0.4, -0.2) is 25.7 Å². The van der Waals surface area contributed by atoms with Crippen molar-refractivity contribution < 1.29 is 18.3 Å². The van der Waals surface area contributed by atoms with Crippen LogP contribution in [0, 0.1) is 11.6 Å². The molecule has 0 spiro atoms. The van der Waals surface area contributed by atoms with Crippen molar-refractivity contribution in [3.8, 4) is 0 Å². The highest BCUT2D eigenvalue weighted by molar-refractivity contribution is 5.99. The van der Waals surface area contributed by atoms with Gasteiger partial charge in [0.25, 0.3) is 5.91 Å². The summed E-state index contributed by atoms with van der Waals surface area (Å²) in [5, 5.41) is 2.56. The molecule has 1 rings (SSSR count). The SMILES string of the molecule is CCOCCCNC(=O)c1cc(F)c(F)cc1N. The molecule has 0 atom stereocenters. The van der Waals surface area contributed by atoms with Crippen molar-refractivity contribution in [2.45, 2.75) is 13.3 Å². The normalized spacial score (nSPS) is 10.4. The van der Waals surface area contributed by atoms with Crippen molar-refractivity contribution >= 4 is 11.6 Å². The van der Waals surface area contributed by atoms with Gasteiger partial charge in [-0.05, 0) is 19.4 Å². The quantitative estimate of drug-likeness (QED) is 0.603. The van der Waals surface area contributed by atoms with Gasteiger partial charge in [-0.2, -0.15) is 0 Å². The summed E-state index contributed by atoms with van der Waals surface area (Å²) < 4.78 is 30.9. The molecule has 3 N–H and O–H groups in total. The second kappa shape index (κ2) is 6.90. The van der Waals surface area contributed by atoms with Crippen molar-refractivity contribution in [3.63, 3.8) is 0 Å². The third-order valence-corrected chi connectivity index (χ3v) is 2.29. The van der Waals surface area contributed by atoms with Crippen molar-refractivity contribution in [1.29, 1.82) is 0 Å². The number of anilines is 1. The summed E-state index contributed by atoms with van der Waals surface area (Å²) in [5.41, 5.74) is 5.30. The van der Waals surface area contributed by atoms with Crippen LogP contribution in [0.15, 0.2) is 12.1 Å². The first-order chi connectivity index (χ1) is 8.56. The molecule has 6 heteroatoms. The van der Waals surface area contributed by atoms with Gasteiger partial charge in [-0.1, -0.05) is 0 Å². The van der Waals surface area contributed by atoms with Crippen LogP contribution in [0.1, 0.15) is 23.7 Å². The molecule has 4 nitrogen and oxygen atoms in total. The van der Waals surface area contributed by atoms with E-state index < -0.39 is 17.5 Å². The average Bonchev–Trinajstić information content (AvgIpc) is 2.33. The molecule has 0 aromatic heterocycles. The van der Waals surface area contributed by atoms with Crippen LogP contribution in [0.3, 0.4) is 0 Å². The summed E-state index contributed by atoms with van der Waals surface area (Å²) in [7, 11) is 0. The monoisotopic (exact) mass is 258 g/mol. The molecule has 1 aromatic carbocycles. The molecule has 0 aliphatic rings. The number of nitrogens with two attached hydrogens (primary N) is 1. The molecule has 0 fully saturated rings. The zero-order chi connectivity index (χ0) is 13.5. The summed E-state index contributed by atoms with van der Waals surface area (Å²) in [4.78, 5) is 11.6. The molecule has 1 amide bonds. The van der Waals surface area contributed by atoms with E-state index >= 15 is 0 Å². The number of carbonyl (C=O) groups is 1. The van der Waals surface area contributed by atoms with Gasteiger partial charge in [0, 0.05) is 31.5 Å². The average molecular weight is 258 g/mol. The summed E-state index contributed by atoms with van der Waals surface area (Å²) in [6, 6.07) is 1.59. The van der Waals surface area contributed by atoms with Gasteiger partial charge in [-0.15, -0.1) is 0 Å². The van der Waals surface area contributed by atoms with Gasteiger partial charge in [0.1, 0.15) is 0 Å². The topological polar surface area (TPSA) is 64.3 Å². The maximum absolute atomic E-state index is 13.0. The number of hydrogen-bond acceptors (Lipinski definition) is 3. The van der Waals surface area contributed by atoms with Crippen LogP contribution in [0.5, 0.6) is 0 Å². The van der Waals surface area contributed by atoms with Crippen LogP contribution in [0.2, 0.25) is 0 Å². The van der Waals surface area contributed by atoms with E-state index in [2.05, 4.69) is 5.32 Å². The van der Waals surface area contributed by atoms with Crippen LogP contribution < -0.4 is 11.1 Å². The van der Waals surface area contributed by atoms with E-state index in [1.807, 2.05) is 6.92 Å². The minimum absolute atomic E-state index is 0.0645. The Morgan fingerprint density at radius 3 is 2.72 bits per heavy atom. The summed E-state index contributed by atoms with van der Waals surface area (Å²) in [6.45, 7) is 3.41. The second-order valence-corrected chi connectivity index (χ2v) is 3.66. The Kier molecular flexibility index (Phi) is 5.51. The number of amides is 1. The highest BCUT2D eigenvalue weighted by atomic mass is 19.2. The van der Waals surface area contributed by atoms with E-state index in [-0.39, 0.29) is 11.3 Å². The summed E-state index contributed by atoms with van der Waals surface area (Å²) in [5.74, 6) is -2.69. The van der Waals surface area contributed by atoms with Crippen LogP contribution >= 0.6 is 0 Å². The number of carbonyl (C=O) groups excluding carboxylic acids is 1. The first kappa shape index (κ1) is 14.4. The fourth-order valence-electron chi connectivity index (χ4n) is 1.37. The van der Waals surface area contributed by atoms with Gasteiger partial charge in [-0.25, -0.2) is 8.78 Å². The minimum atomic E-state index is -1.09. The summed E-state index contributed by atoms with van der Waals surface area (Å²) >= 11 is 0. The van der Waals surface area contributed by atoms with E-state index in [0.717, 1.165) is 12.1 Å². The van der Waals surface area contributed by atoms with Crippen LogP contribution in [-0.2, 0) is 4.74 Å². The van der Waals surface area contributed by atoms with Gasteiger partial charge < -0.3 is 15.8 Å². The smallest absolute Gasteiger partial charge is 0.253 e. The Morgan fingerprint density at radius 1 is 1.39 bits per heavy atom. The number of rotatable bonds is 6. The summed E-state index contributed by atoms with van der Waals surface area (Å²) in [6.07, 6.45) is 0.642. The Labute approximate surface area is 104 Å². The number of nitrogen functional groups attached to an aromatic ring is 1. The Bertz CT molecular complexity index is 425. The molecule has 0 aliphatic heterocycles. The fraction of sp³-hybridized carbons (Fsp3) is 0.417. The zero-order valence-corrected chi connectivity index (χ0v) is 10.1. The lowest BCUT2D eigenvalue weighted by atomic mass is 10.1. The lowest BCUT2D eigenvalue weighted by Crippen LogP contribution is -2.26. The zero-order valence-electron chi connectivity index (χ0n) is 10.1. The van der Waals surface area contributed by atoms with Crippen molar-refractivity contribution in [1.82, 2.24) is 5.32 Å². The predicted molar refractivity (Wildman–Crippen MR) is 64.2 cm³/mol. The lowest BCUT2D eigenvalue weighted by molar-refractivity contribution is 0.0944. The third kappa shape index (κ3) is 3.96. The fourth-order valence-corrected chi connectivity index (χ4v) is 1.37. The number of halogens is 2. The minimum Gasteiger partial charge on any atom is -0.398 e. The molecule has 0 saturated heterocycles. The van der Waals surface area contributed by atoms with E-state index in [1.165, 1.54) is 0 Å². The first-order valence-electron chi connectivity index (χ1n) is 5.66. The molecule has 0 heterocycles. The molecule has 0 radical (unpaired) electrons. The molecular formula is C12H16F2N2O2. The van der Waals surface area contributed by atoms with Crippen molar-refractivity contribution in [2.75, 3.05) is 25.5 Å². The number of ether oxygens (including phenoxy) is 1. The standard InChI is InChI=1S/C12H16F2N2O2/c1-2-18-5-3-4-16-12(17)8-6-9(13)10(14)7-11(8)15/h6-7H,2-5,15H2,1H3,(H,16,17). The molecular weight excluding hydrogens is 242 g/mol. The predicted octanol–water partition coefficient (Wildman–Crippen LogP) is 1.70. The first-order valence-corrected chi connectivity index (χ1v) is 5.66. The van der Waals surface area contributed by atoms with Gasteiger partial charge in [0.15, 0.2) is 11.6 Å². The maximum atomic E-state index is 13.0. The number of benzene rings is 1. The highest BCUT2D eigenvalue weighted by Crippen LogP contribution is 2.16. The molecule has 0 unspecified atom stereocenters. The number of hydrogen-bond donors (Lipinski definition) is 2. The van der Waals surface area contributed by atoms with Crippen LogP contribution in [0.4, 0.5) is 14.5 Å². The van der Waals surface area contributed by atoms with Gasteiger partial charge in [0.2, 0.25) is 0 Å².